The Morgan fingerprint density at radius 2 is 1.72 bits per heavy atom. The number of alkyl carbamates (subject to hydrolysis) is 1. The van der Waals surface area contributed by atoms with Crippen molar-refractivity contribution >= 4 is 56.3 Å². The maximum atomic E-state index is 14.7. The second kappa shape index (κ2) is 15.1. The van der Waals surface area contributed by atoms with E-state index in [1.807, 2.05) is 36.4 Å². The molecule has 2 heterocycles. The highest BCUT2D eigenvalue weighted by Crippen LogP contribution is 2.49. The fourth-order valence-electron chi connectivity index (χ4n) is 6.96. The average Bonchev–Trinajstić information content (AvgIpc) is 4.02. The van der Waals surface area contributed by atoms with Crippen molar-refractivity contribution in [2.75, 3.05) is 13.7 Å². The van der Waals surface area contributed by atoms with Crippen LogP contribution in [0.2, 0.25) is 0 Å². The zero-order chi connectivity index (χ0) is 41.7. The number of nitrogens with zero attached hydrogens (tertiary/aromatic N) is 2. The summed E-state index contributed by atoms with van der Waals surface area (Å²) >= 11 is 6.18. The smallest absolute Gasteiger partial charge is 0.408 e. The molecule has 3 fully saturated rings. The number of pyridine rings is 1. The first kappa shape index (κ1) is 41.7. The molecule has 2 aromatic carbocycles. The highest BCUT2D eigenvalue weighted by molar-refractivity contribution is 7.93. The number of likely N-dealkylation sites (tertiary alicyclic amines) is 1. The van der Waals surface area contributed by atoms with Gasteiger partial charge in [-0.25, -0.2) is 22.9 Å². The normalized spacial score (nSPS) is 23.2. The van der Waals surface area contributed by atoms with Crippen LogP contribution in [-0.4, -0.2) is 89.3 Å². The van der Waals surface area contributed by atoms with Gasteiger partial charge in [-0.05, 0) is 57.6 Å². The van der Waals surface area contributed by atoms with Gasteiger partial charge in [0.25, 0.3) is 15.9 Å². The van der Waals surface area contributed by atoms with E-state index in [-0.39, 0.29) is 32.2 Å². The molecule has 0 bridgehead atoms. The molecule has 16 heteroatoms. The third-order valence-corrected chi connectivity index (χ3v) is 13.2. The van der Waals surface area contributed by atoms with E-state index in [0.717, 1.165) is 5.56 Å². The van der Waals surface area contributed by atoms with Crippen molar-refractivity contribution in [2.24, 2.45) is 11.3 Å². The molecule has 0 radical (unpaired) electrons. The lowest BCUT2D eigenvalue weighted by atomic mass is 9.85. The number of rotatable bonds is 12. The second-order valence-corrected chi connectivity index (χ2v) is 19.9. The third-order valence-electron chi connectivity index (χ3n) is 10.4. The Hall–Kier alpha value is -4.89. The van der Waals surface area contributed by atoms with Gasteiger partial charge in [0, 0.05) is 35.4 Å². The van der Waals surface area contributed by atoms with E-state index < -0.39 is 78.7 Å². The van der Waals surface area contributed by atoms with Crippen molar-refractivity contribution in [3.63, 3.8) is 0 Å². The maximum Gasteiger partial charge on any atom is 0.408 e. The Labute approximate surface area is 338 Å². The minimum atomic E-state index is -4.25. The summed E-state index contributed by atoms with van der Waals surface area (Å²) in [4.78, 5) is 62.1. The summed E-state index contributed by atoms with van der Waals surface area (Å²) in [5.41, 5.74) is -1.29. The van der Waals surface area contributed by atoms with Crippen LogP contribution in [0.25, 0.3) is 22.2 Å². The zero-order valence-corrected chi connectivity index (χ0v) is 34.8. The van der Waals surface area contributed by atoms with Crippen LogP contribution in [-0.2, 0) is 29.1 Å². The van der Waals surface area contributed by atoms with Crippen molar-refractivity contribution in [3.8, 4) is 22.8 Å². The predicted molar refractivity (Wildman–Crippen MR) is 215 cm³/mol. The first-order valence-corrected chi connectivity index (χ1v) is 20.7. The van der Waals surface area contributed by atoms with E-state index in [1.54, 1.807) is 66.9 Å². The van der Waals surface area contributed by atoms with Crippen LogP contribution in [0.4, 0.5) is 4.79 Å². The van der Waals surface area contributed by atoms with Gasteiger partial charge in [0.1, 0.15) is 40.8 Å². The number of benzene rings is 2. The van der Waals surface area contributed by atoms with Gasteiger partial charge in [0.15, 0.2) is 4.21 Å². The number of halogens is 1. The standard InChI is InChI=1S/C41H50ClN5O9S/c1-9-25-22-41(25,36(50)46-57(52,53)40(42)17-18-40)45-34(48)31-20-27(23-47(31)35(49)33(38(2,3)4)44-37(51)56-39(5,6)7)55-32-21-29(24-13-11-10-12-14-24)43-30-19-26(54-8)15-16-28(30)32/h9-16,19,21,25,27,31,33H,1,17-18,20,22-23H2,2-8H3,(H,44,51)(H,45,48)(H,46,50)/t25-,27-,31+,33-,41-/m1/s1. The molecular weight excluding hydrogens is 774 g/mol. The van der Waals surface area contributed by atoms with Crippen molar-refractivity contribution in [2.45, 2.75) is 101 Å². The number of methoxy groups -OCH3 is 1. The molecule has 4 amide bonds. The Morgan fingerprint density at radius 1 is 1.04 bits per heavy atom. The Bertz CT molecular complexity index is 2200. The number of amides is 4. The predicted octanol–water partition coefficient (Wildman–Crippen LogP) is 5.43. The lowest BCUT2D eigenvalue weighted by molar-refractivity contribution is -0.143. The molecule has 5 atom stereocenters. The number of ether oxygens (including phenoxy) is 3. The maximum absolute atomic E-state index is 14.7. The van der Waals surface area contributed by atoms with Crippen molar-refractivity contribution in [3.05, 3.63) is 67.3 Å². The summed E-state index contributed by atoms with van der Waals surface area (Å²) in [5, 5.41) is 6.16. The summed E-state index contributed by atoms with van der Waals surface area (Å²) in [6.45, 7) is 14.1. The number of carbonyl (C=O) groups is 4. The third kappa shape index (κ3) is 8.84. The minimum absolute atomic E-state index is 0.0128. The minimum Gasteiger partial charge on any atom is -0.497 e. The lowest BCUT2D eigenvalue weighted by Gasteiger charge is -2.36. The van der Waals surface area contributed by atoms with Gasteiger partial charge < -0.3 is 29.7 Å². The number of hydrogen-bond donors (Lipinski definition) is 3. The molecule has 1 aliphatic heterocycles. The van der Waals surface area contributed by atoms with Crippen molar-refractivity contribution in [1.29, 1.82) is 0 Å². The number of carbonyl (C=O) groups excluding carboxylic acids is 4. The fourth-order valence-corrected chi connectivity index (χ4v) is 8.42. The van der Waals surface area contributed by atoms with Crippen LogP contribution in [0.15, 0.2) is 67.3 Å². The molecule has 6 rings (SSSR count). The quantitative estimate of drug-likeness (QED) is 0.157. The van der Waals surface area contributed by atoms with E-state index in [2.05, 4.69) is 21.9 Å². The number of fused-ring (bicyclic) bond motifs is 1. The molecule has 0 spiro atoms. The number of hydrogen-bond acceptors (Lipinski definition) is 10. The van der Waals surface area contributed by atoms with Crippen LogP contribution < -0.4 is 24.8 Å². The second-order valence-electron chi connectivity index (χ2n) is 17.0. The van der Waals surface area contributed by atoms with E-state index >= 15 is 0 Å². The first-order valence-electron chi connectivity index (χ1n) is 18.8. The molecule has 57 heavy (non-hydrogen) atoms. The van der Waals surface area contributed by atoms with Gasteiger partial charge in [-0.2, -0.15) is 0 Å². The molecule has 14 nitrogen and oxygen atoms in total. The summed E-state index contributed by atoms with van der Waals surface area (Å²) in [7, 11) is -2.69. The molecule has 3 N–H and O–H groups in total. The van der Waals surface area contributed by atoms with Gasteiger partial charge in [0.05, 0.1) is 24.9 Å². The number of sulfonamides is 1. The highest BCUT2D eigenvalue weighted by Gasteiger charge is 2.63. The van der Waals surface area contributed by atoms with Crippen LogP contribution >= 0.6 is 11.6 Å². The van der Waals surface area contributed by atoms with Gasteiger partial charge in [-0.3, -0.25) is 14.4 Å². The summed E-state index contributed by atoms with van der Waals surface area (Å²) in [6, 6.07) is 14.4. The Balaban J connectivity index is 1.35. The molecule has 3 aromatic rings. The summed E-state index contributed by atoms with van der Waals surface area (Å²) in [6.07, 6.45) is 0.335. The van der Waals surface area contributed by atoms with E-state index in [4.69, 9.17) is 30.8 Å². The SMILES string of the molecule is C=C[C@@H]1C[C@]1(NC(=O)[C@@H]1C[C@@H](Oc2cc(-c3ccccc3)nc3cc(OC)ccc23)CN1C(=O)[C@@H](NC(=O)OC(C)(C)C)C(C)(C)C)C(=O)NS(=O)(=O)C1(Cl)CC1. The number of alkyl halides is 1. The average molecular weight is 824 g/mol. The largest absolute Gasteiger partial charge is 0.497 e. The number of nitrogens with one attached hydrogen (secondary N) is 3. The summed E-state index contributed by atoms with van der Waals surface area (Å²) < 4.78 is 44.0. The van der Waals surface area contributed by atoms with Gasteiger partial charge in [-0.15, -0.1) is 6.58 Å². The van der Waals surface area contributed by atoms with Crippen LogP contribution in [0, 0.1) is 11.3 Å². The van der Waals surface area contributed by atoms with Gasteiger partial charge >= 0.3 is 6.09 Å². The molecule has 0 unspecified atom stereocenters. The molecule has 2 aliphatic carbocycles. The molecule has 2 saturated carbocycles. The van der Waals surface area contributed by atoms with Gasteiger partial charge in [0.2, 0.25) is 11.8 Å². The molecule has 1 saturated heterocycles. The van der Waals surface area contributed by atoms with E-state index in [0.29, 0.717) is 28.1 Å². The van der Waals surface area contributed by atoms with Crippen LogP contribution in [0.5, 0.6) is 11.5 Å². The Kier molecular flexibility index (Phi) is 11.1. The van der Waals surface area contributed by atoms with Crippen molar-refractivity contribution < 1.29 is 41.8 Å². The number of aromatic nitrogens is 1. The molecule has 1 aromatic heterocycles. The van der Waals surface area contributed by atoms with E-state index in [9.17, 15) is 27.6 Å². The molecule has 306 valence electrons. The Morgan fingerprint density at radius 3 is 2.30 bits per heavy atom. The van der Waals surface area contributed by atoms with Gasteiger partial charge in [-0.1, -0.05) is 68.8 Å². The zero-order valence-electron chi connectivity index (χ0n) is 33.2. The fraction of sp³-hybridized carbons (Fsp3) is 0.488. The van der Waals surface area contributed by atoms with Crippen molar-refractivity contribution in [1.82, 2.24) is 25.2 Å². The monoisotopic (exact) mass is 823 g/mol. The molecular formula is C41H50ClN5O9S. The first-order chi connectivity index (χ1) is 26.6. The topological polar surface area (TPSA) is 182 Å². The van der Waals surface area contributed by atoms with E-state index in [1.165, 1.54) is 11.0 Å². The molecule has 3 aliphatic rings. The van der Waals surface area contributed by atoms with Crippen LogP contribution in [0.1, 0.15) is 67.2 Å². The lowest BCUT2D eigenvalue weighted by Crippen LogP contribution is -2.60. The highest BCUT2D eigenvalue weighted by atomic mass is 35.5. The summed E-state index contributed by atoms with van der Waals surface area (Å²) in [5.74, 6) is -1.78. The van der Waals surface area contributed by atoms with Crippen LogP contribution in [0.3, 0.4) is 0 Å².